The van der Waals surface area contributed by atoms with Gasteiger partial charge in [-0.15, -0.1) is 0 Å². The molecule has 0 heterocycles. The second-order valence-corrected chi connectivity index (χ2v) is 6.46. The lowest BCUT2D eigenvalue weighted by Crippen LogP contribution is -2.41. The molecule has 1 aromatic carbocycles. The van der Waals surface area contributed by atoms with E-state index in [1.807, 2.05) is 0 Å². The molecule has 6 N–H and O–H groups in total. The van der Waals surface area contributed by atoms with Gasteiger partial charge in [-0.3, -0.25) is 9.79 Å². The van der Waals surface area contributed by atoms with E-state index in [1.54, 1.807) is 30.3 Å². The zero-order valence-electron chi connectivity index (χ0n) is 12.0. The van der Waals surface area contributed by atoms with Gasteiger partial charge >= 0.3 is 5.97 Å². The Kier molecular flexibility index (Phi) is 6.80. The summed E-state index contributed by atoms with van der Waals surface area (Å²) in [6.45, 7) is 0.243. The molecule has 1 aromatic rings. The summed E-state index contributed by atoms with van der Waals surface area (Å²) in [5, 5.41) is 9.10. The second-order valence-electron chi connectivity index (χ2n) is 4.70. The van der Waals surface area contributed by atoms with E-state index in [9.17, 15) is 13.2 Å². The van der Waals surface area contributed by atoms with E-state index in [1.165, 1.54) is 0 Å². The fourth-order valence-corrected chi connectivity index (χ4v) is 3.16. The van der Waals surface area contributed by atoms with Gasteiger partial charge < -0.3 is 16.6 Å². The number of guanidine groups is 1. The molecule has 1 atom stereocenters. The Balaban J connectivity index is 2.61. The standard InChI is InChI=1S/C13H20N4O4S/c14-13(15)16-8-4-7-11(12(18)19)17-22(20,21)9-10-5-2-1-3-6-10/h1-3,5-6,11,17H,4,7-9H2,(H,18,19)(H4,14,15,16). The van der Waals surface area contributed by atoms with Crippen molar-refractivity contribution < 1.29 is 18.3 Å². The third-order valence-electron chi connectivity index (χ3n) is 2.76. The van der Waals surface area contributed by atoms with Crippen molar-refractivity contribution in [3.8, 4) is 0 Å². The van der Waals surface area contributed by atoms with Gasteiger partial charge in [0.25, 0.3) is 0 Å². The van der Waals surface area contributed by atoms with Crippen LogP contribution >= 0.6 is 0 Å². The molecule has 22 heavy (non-hydrogen) atoms. The summed E-state index contributed by atoms with van der Waals surface area (Å²) in [5.74, 6) is -1.59. The summed E-state index contributed by atoms with van der Waals surface area (Å²) in [6.07, 6.45) is 0.447. The molecule has 0 aliphatic rings. The monoisotopic (exact) mass is 328 g/mol. The summed E-state index contributed by atoms with van der Waals surface area (Å²) in [5.41, 5.74) is 10.9. The maximum atomic E-state index is 12.0. The number of carbonyl (C=O) groups is 1. The zero-order valence-corrected chi connectivity index (χ0v) is 12.8. The Morgan fingerprint density at radius 3 is 2.45 bits per heavy atom. The van der Waals surface area contributed by atoms with Gasteiger partial charge in [0.05, 0.1) is 5.75 Å². The molecule has 1 unspecified atom stereocenters. The van der Waals surface area contributed by atoms with Crippen LogP contribution in [0.15, 0.2) is 35.3 Å². The number of carboxylic acids is 1. The average Bonchev–Trinajstić information content (AvgIpc) is 2.42. The van der Waals surface area contributed by atoms with Crippen LogP contribution in [-0.4, -0.2) is 38.0 Å². The summed E-state index contributed by atoms with van der Waals surface area (Å²) < 4.78 is 26.2. The molecule has 0 aromatic heterocycles. The molecule has 1 rings (SSSR count). The lowest BCUT2D eigenvalue weighted by atomic mass is 10.2. The number of carboxylic acid groups (broad SMARTS) is 1. The van der Waals surface area contributed by atoms with E-state index < -0.39 is 22.0 Å². The third-order valence-corrected chi connectivity index (χ3v) is 4.12. The van der Waals surface area contributed by atoms with Crippen LogP contribution in [0.2, 0.25) is 0 Å². The van der Waals surface area contributed by atoms with Crippen LogP contribution in [0, 0.1) is 0 Å². The van der Waals surface area contributed by atoms with E-state index in [-0.39, 0.29) is 24.7 Å². The number of nitrogens with zero attached hydrogens (tertiary/aromatic N) is 1. The molecule has 0 saturated heterocycles. The fourth-order valence-electron chi connectivity index (χ4n) is 1.79. The maximum Gasteiger partial charge on any atom is 0.321 e. The van der Waals surface area contributed by atoms with E-state index in [0.717, 1.165) is 0 Å². The van der Waals surface area contributed by atoms with Gasteiger partial charge in [-0.05, 0) is 18.4 Å². The lowest BCUT2D eigenvalue weighted by Gasteiger charge is -2.14. The maximum absolute atomic E-state index is 12.0. The Labute approximate surface area is 129 Å². The third kappa shape index (κ3) is 7.04. The highest BCUT2D eigenvalue weighted by atomic mass is 32.2. The van der Waals surface area contributed by atoms with Crippen molar-refractivity contribution in [2.45, 2.75) is 24.6 Å². The molecule has 0 aliphatic carbocycles. The van der Waals surface area contributed by atoms with Crippen molar-refractivity contribution in [1.29, 1.82) is 0 Å². The number of aliphatic imine (C=N–C) groups is 1. The van der Waals surface area contributed by atoms with E-state index in [4.69, 9.17) is 16.6 Å². The Morgan fingerprint density at radius 2 is 1.91 bits per heavy atom. The number of nitrogens with one attached hydrogen (secondary N) is 1. The molecule has 0 saturated carbocycles. The second kappa shape index (κ2) is 8.35. The first-order valence-electron chi connectivity index (χ1n) is 6.62. The summed E-state index contributed by atoms with van der Waals surface area (Å²) in [7, 11) is -3.75. The number of hydrogen-bond acceptors (Lipinski definition) is 4. The minimum atomic E-state index is -3.75. The molecule has 0 fully saturated rings. The van der Waals surface area contributed by atoms with Crippen molar-refractivity contribution in [3.63, 3.8) is 0 Å². The predicted molar refractivity (Wildman–Crippen MR) is 83.5 cm³/mol. The van der Waals surface area contributed by atoms with E-state index in [0.29, 0.717) is 12.0 Å². The predicted octanol–water partition coefficient (Wildman–Crippen LogP) is -0.387. The molecule has 122 valence electrons. The number of rotatable bonds is 9. The van der Waals surface area contributed by atoms with Crippen LogP contribution in [0.25, 0.3) is 0 Å². The highest BCUT2D eigenvalue weighted by Crippen LogP contribution is 2.07. The van der Waals surface area contributed by atoms with Crippen molar-refractivity contribution in [2.24, 2.45) is 16.5 Å². The van der Waals surface area contributed by atoms with Crippen molar-refractivity contribution >= 4 is 22.0 Å². The van der Waals surface area contributed by atoms with E-state index >= 15 is 0 Å². The number of sulfonamides is 1. The van der Waals surface area contributed by atoms with Crippen LogP contribution in [0.4, 0.5) is 0 Å². The van der Waals surface area contributed by atoms with Gasteiger partial charge in [0.1, 0.15) is 6.04 Å². The van der Waals surface area contributed by atoms with Crippen LogP contribution < -0.4 is 16.2 Å². The summed E-state index contributed by atoms with van der Waals surface area (Å²) >= 11 is 0. The number of hydrogen-bond donors (Lipinski definition) is 4. The van der Waals surface area contributed by atoms with Gasteiger partial charge in [0, 0.05) is 6.54 Å². The quantitative estimate of drug-likeness (QED) is 0.276. The van der Waals surface area contributed by atoms with Crippen LogP contribution in [0.5, 0.6) is 0 Å². The molecule has 9 heteroatoms. The molecule has 0 bridgehead atoms. The minimum absolute atomic E-state index is 0.0865. The molecule has 0 amide bonds. The van der Waals surface area contributed by atoms with Gasteiger partial charge in [-0.1, -0.05) is 30.3 Å². The van der Waals surface area contributed by atoms with Gasteiger partial charge in [0.15, 0.2) is 5.96 Å². The number of aliphatic carboxylic acids is 1. The smallest absolute Gasteiger partial charge is 0.321 e. The number of benzene rings is 1. The molecular formula is C13H20N4O4S. The summed E-state index contributed by atoms with van der Waals surface area (Å²) in [4.78, 5) is 14.9. The fraction of sp³-hybridized carbons (Fsp3) is 0.385. The molecular weight excluding hydrogens is 308 g/mol. The zero-order chi connectivity index (χ0) is 16.6. The average molecular weight is 328 g/mol. The first kappa shape index (κ1) is 17.9. The molecule has 8 nitrogen and oxygen atoms in total. The van der Waals surface area contributed by atoms with Crippen LogP contribution in [0.1, 0.15) is 18.4 Å². The van der Waals surface area contributed by atoms with Crippen molar-refractivity contribution in [1.82, 2.24) is 4.72 Å². The first-order valence-corrected chi connectivity index (χ1v) is 8.27. The molecule has 0 aliphatic heterocycles. The van der Waals surface area contributed by atoms with E-state index in [2.05, 4.69) is 9.71 Å². The molecule has 0 spiro atoms. The van der Waals surface area contributed by atoms with Crippen LogP contribution in [0.3, 0.4) is 0 Å². The highest BCUT2D eigenvalue weighted by Gasteiger charge is 2.23. The van der Waals surface area contributed by atoms with Crippen molar-refractivity contribution in [2.75, 3.05) is 6.54 Å². The minimum Gasteiger partial charge on any atom is -0.480 e. The first-order chi connectivity index (χ1) is 10.3. The Bertz CT molecular complexity index is 612. The Hall–Kier alpha value is -2.13. The van der Waals surface area contributed by atoms with Crippen molar-refractivity contribution in [3.05, 3.63) is 35.9 Å². The Morgan fingerprint density at radius 1 is 1.27 bits per heavy atom. The van der Waals surface area contributed by atoms with Gasteiger partial charge in [0.2, 0.25) is 10.0 Å². The van der Waals surface area contributed by atoms with Crippen LogP contribution in [-0.2, 0) is 20.6 Å². The number of nitrogens with two attached hydrogens (primary N) is 2. The largest absolute Gasteiger partial charge is 0.480 e. The van der Waals surface area contributed by atoms with Gasteiger partial charge in [-0.25, -0.2) is 13.1 Å². The topological polar surface area (TPSA) is 148 Å². The SMILES string of the molecule is NC(N)=NCCCC(NS(=O)(=O)Cc1ccccc1)C(=O)O. The normalized spacial score (nSPS) is 12.5. The molecule has 0 radical (unpaired) electrons. The highest BCUT2D eigenvalue weighted by molar-refractivity contribution is 7.88. The van der Waals surface area contributed by atoms with Gasteiger partial charge in [-0.2, -0.15) is 0 Å². The summed E-state index contributed by atoms with van der Waals surface area (Å²) in [6, 6.07) is 7.32. The lowest BCUT2D eigenvalue weighted by molar-refractivity contribution is -0.139.